The van der Waals surface area contributed by atoms with Crippen molar-refractivity contribution in [2.75, 3.05) is 0 Å². The number of nitrogens with zero attached hydrogens (tertiary/aromatic N) is 3. The van der Waals surface area contributed by atoms with E-state index in [2.05, 4.69) is 48.4 Å². The van der Waals surface area contributed by atoms with E-state index < -0.39 is 0 Å². The summed E-state index contributed by atoms with van der Waals surface area (Å²) in [6, 6.07) is 8.66. The van der Waals surface area contributed by atoms with Crippen LogP contribution in [0.2, 0.25) is 0 Å². The lowest BCUT2D eigenvalue weighted by molar-refractivity contribution is 0.633. The van der Waals surface area contributed by atoms with Crippen LogP contribution in [0.4, 0.5) is 0 Å². The molecule has 0 saturated heterocycles. The summed E-state index contributed by atoms with van der Waals surface area (Å²) in [7, 11) is 0. The number of hydrogen-bond donors (Lipinski definition) is 1. The van der Waals surface area contributed by atoms with Crippen molar-refractivity contribution < 1.29 is 0 Å². The van der Waals surface area contributed by atoms with Crippen LogP contribution >= 0.6 is 0 Å². The van der Waals surface area contributed by atoms with Gasteiger partial charge in [-0.2, -0.15) is 0 Å². The van der Waals surface area contributed by atoms with Gasteiger partial charge in [-0.15, -0.1) is 5.10 Å². The highest BCUT2D eigenvalue weighted by Crippen LogP contribution is 2.15. The fourth-order valence-electron chi connectivity index (χ4n) is 1.92. The molecule has 2 rings (SSSR count). The van der Waals surface area contributed by atoms with Crippen molar-refractivity contribution >= 4 is 0 Å². The molecule has 0 saturated carbocycles. The van der Waals surface area contributed by atoms with Gasteiger partial charge in [-0.1, -0.05) is 43.3 Å². The average Bonchev–Trinajstić information content (AvgIpc) is 2.71. The molecule has 0 aliphatic rings. The molecule has 0 amide bonds. The summed E-state index contributed by atoms with van der Waals surface area (Å²) >= 11 is 0. The van der Waals surface area contributed by atoms with Gasteiger partial charge in [0.15, 0.2) is 0 Å². The zero-order valence-electron chi connectivity index (χ0n) is 11.2. The lowest BCUT2D eigenvalue weighted by Crippen LogP contribution is -2.05. The van der Waals surface area contributed by atoms with Crippen LogP contribution < -0.4 is 5.73 Å². The molecule has 1 aromatic carbocycles. The zero-order valence-corrected chi connectivity index (χ0v) is 11.2. The third kappa shape index (κ3) is 2.59. The fraction of sp³-hybridized carbons (Fsp3) is 0.429. The molecule has 1 heterocycles. The summed E-state index contributed by atoms with van der Waals surface area (Å²) in [6.45, 7) is 7.59. The molecule has 0 fully saturated rings. The Morgan fingerprint density at radius 3 is 2.39 bits per heavy atom. The second-order valence-corrected chi connectivity index (χ2v) is 4.88. The maximum Gasteiger partial charge on any atom is 0.0991 e. The molecule has 4 nitrogen and oxygen atoms in total. The van der Waals surface area contributed by atoms with Crippen LogP contribution in [-0.4, -0.2) is 15.0 Å². The number of aromatic nitrogens is 3. The Morgan fingerprint density at radius 2 is 1.89 bits per heavy atom. The third-order valence-electron chi connectivity index (χ3n) is 3.25. The van der Waals surface area contributed by atoms with Gasteiger partial charge in [0, 0.05) is 6.54 Å². The molecule has 0 radical (unpaired) electrons. The lowest BCUT2D eigenvalue weighted by Gasteiger charge is -2.07. The molecule has 96 valence electrons. The lowest BCUT2D eigenvalue weighted by atomic mass is 10.0. The van der Waals surface area contributed by atoms with Crippen LogP contribution in [0, 0.1) is 6.92 Å². The first kappa shape index (κ1) is 12.8. The van der Waals surface area contributed by atoms with Gasteiger partial charge in [-0.25, -0.2) is 4.68 Å². The van der Waals surface area contributed by atoms with E-state index in [1.807, 2.05) is 11.6 Å². The predicted octanol–water partition coefficient (Wildman–Crippen LogP) is 2.22. The van der Waals surface area contributed by atoms with Crippen LogP contribution in [0.3, 0.4) is 0 Å². The molecular weight excluding hydrogens is 224 g/mol. The Bertz CT molecular complexity index is 511. The second kappa shape index (κ2) is 5.31. The Kier molecular flexibility index (Phi) is 3.77. The number of hydrogen-bond acceptors (Lipinski definition) is 3. The van der Waals surface area contributed by atoms with E-state index >= 15 is 0 Å². The number of rotatable bonds is 4. The van der Waals surface area contributed by atoms with Gasteiger partial charge in [0.05, 0.1) is 17.9 Å². The summed E-state index contributed by atoms with van der Waals surface area (Å²) in [5.74, 6) is 0.566. The number of nitrogens with two attached hydrogens (primary N) is 1. The van der Waals surface area contributed by atoms with Crippen molar-refractivity contribution in [3.8, 4) is 0 Å². The monoisotopic (exact) mass is 244 g/mol. The normalized spacial score (nSPS) is 11.2. The van der Waals surface area contributed by atoms with Gasteiger partial charge in [0.2, 0.25) is 0 Å². The van der Waals surface area contributed by atoms with Crippen LogP contribution in [0.25, 0.3) is 0 Å². The molecule has 0 aliphatic carbocycles. The van der Waals surface area contributed by atoms with Crippen LogP contribution in [0.1, 0.15) is 42.3 Å². The van der Waals surface area contributed by atoms with E-state index in [1.54, 1.807) is 0 Å². The minimum atomic E-state index is 0.443. The summed E-state index contributed by atoms with van der Waals surface area (Å²) in [6.07, 6.45) is 0. The molecule has 2 N–H and O–H groups in total. The molecule has 0 unspecified atom stereocenters. The van der Waals surface area contributed by atoms with Gasteiger partial charge in [0.25, 0.3) is 0 Å². The minimum Gasteiger partial charge on any atom is -0.325 e. The smallest absolute Gasteiger partial charge is 0.0991 e. The van der Waals surface area contributed by atoms with E-state index in [0.717, 1.165) is 17.9 Å². The Morgan fingerprint density at radius 1 is 1.22 bits per heavy atom. The Balaban J connectivity index is 2.15. The third-order valence-corrected chi connectivity index (χ3v) is 3.25. The quantitative estimate of drug-likeness (QED) is 0.897. The van der Waals surface area contributed by atoms with E-state index in [4.69, 9.17) is 5.73 Å². The molecule has 1 aromatic heterocycles. The van der Waals surface area contributed by atoms with Crippen molar-refractivity contribution in [2.24, 2.45) is 5.73 Å². The molecule has 0 spiro atoms. The number of benzene rings is 1. The molecular formula is C14H20N4. The SMILES string of the molecule is Cc1c(CN)nnn1Cc1ccc(C(C)C)cc1. The minimum absolute atomic E-state index is 0.443. The van der Waals surface area contributed by atoms with Gasteiger partial charge in [0.1, 0.15) is 0 Å². The van der Waals surface area contributed by atoms with Crippen LogP contribution in [0.15, 0.2) is 24.3 Å². The van der Waals surface area contributed by atoms with E-state index in [-0.39, 0.29) is 0 Å². The van der Waals surface area contributed by atoms with Crippen LogP contribution in [0.5, 0.6) is 0 Å². The molecule has 4 heteroatoms. The van der Waals surface area contributed by atoms with Gasteiger partial charge < -0.3 is 5.73 Å². The largest absolute Gasteiger partial charge is 0.325 e. The van der Waals surface area contributed by atoms with Crippen molar-refractivity contribution in [3.63, 3.8) is 0 Å². The highest BCUT2D eigenvalue weighted by Gasteiger charge is 2.07. The first-order valence-electron chi connectivity index (χ1n) is 6.29. The highest BCUT2D eigenvalue weighted by molar-refractivity contribution is 5.25. The Hall–Kier alpha value is -1.68. The van der Waals surface area contributed by atoms with Crippen molar-refractivity contribution in [1.82, 2.24) is 15.0 Å². The van der Waals surface area contributed by atoms with E-state index in [9.17, 15) is 0 Å². The van der Waals surface area contributed by atoms with Crippen molar-refractivity contribution in [1.29, 1.82) is 0 Å². The molecule has 18 heavy (non-hydrogen) atoms. The van der Waals surface area contributed by atoms with Gasteiger partial charge in [-0.05, 0) is 24.0 Å². The Labute approximate surface area is 108 Å². The fourth-order valence-corrected chi connectivity index (χ4v) is 1.92. The van der Waals surface area contributed by atoms with Crippen LogP contribution in [-0.2, 0) is 13.1 Å². The summed E-state index contributed by atoms with van der Waals surface area (Å²) in [5, 5.41) is 8.19. The molecule has 0 aliphatic heterocycles. The second-order valence-electron chi connectivity index (χ2n) is 4.88. The first-order chi connectivity index (χ1) is 8.61. The van der Waals surface area contributed by atoms with Gasteiger partial charge in [-0.3, -0.25) is 0 Å². The van der Waals surface area contributed by atoms with E-state index in [0.29, 0.717) is 12.5 Å². The maximum absolute atomic E-state index is 5.59. The average molecular weight is 244 g/mol. The standard InChI is InChI=1S/C14H20N4/c1-10(2)13-6-4-12(5-7-13)9-18-11(3)14(8-15)16-17-18/h4-7,10H,8-9,15H2,1-3H3. The molecule has 2 aromatic rings. The highest BCUT2D eigenvalue weighted by atomic mass is 15.4. The summed E-state index contributed by atoms with van der Waals surface area (Å²) in [5.41, 5.74) is 10.1. The maximum atomic E-state index is 5.59. The zero-order chi connectivity index (χ0) is 13.1. The topological polar surface area (TPSA) is 56.7 Å². The summed E-state index contributed by atoms with van der Waals surface area (Å²) in [4.78, 5) is 0. The van der Waals surface area contributed by atoms with Crippen molar-refractivity contribution in [3.05, 3.63) is 46.8 Å². The first-order valence-corrected chi connectivity index (χ1v) is 6.29. The molecule has 0 bridgehead atoms. The van der Waals surface area contributed by atoms with Crippen molar-refractivity contribution in [2.45, 2.75) is 39.8 Å². The van der Waals surface area contributed by atoms with E-state index in [1.165, 1.54) is 11.1 Å². The predicted molar refractivity (Wildman–Crippen MR) is 72.3 cm³/mol. The van der Waals surface area contributed by atoms with Gasteiger partial charge >= 0.3 is 0 Å². The summed E-state index contributed by atoms with van der Waals surface area (Å²) < 4.78 is 1.90. The molecule has 0 atom stereocenters.